The summed E-state index contributed by atoms with van der Waals surface area (Å²) in [4.78, 5) is 25.2. The van der Waals surface area contributed by atoms with Crippen LogP contribution in [0, 0.1) is 5.92 Å². The highest BCUT2D eigenvalue weighted by atomic mass is 32.2. The van der Waals surface area contributed by atoms with E-state index in [1.165, 1.54) is 11.2 Å². The van der Waals surface area contributed by atoms with Gasteiger partial charge in [-0.3, -0.25) is 9.69 Å². The molecular formula is C13H13NO4S2. The molecule has 1 unspecified atom stereocenters. The van der Waals surface area contributed by atoms with E-state index in [1.54, 1.807) is 32.1 Å². The molecule has 0 bridgehead atoms. The minimum absolute atomic E-state index is 0.238. The van der Waals surface area contributed by atoms with E-state index in [0.717, 1.165) is 11.8 Å². The molecule has 1 N–H and O–H groups in total. The van der Waals surface area contributed by atoms with Crippen molar-refractivity contribution in [1.29, 1.82) is 0 Å². The average Bonchev–Trinajstić information content (AvgIpc) is 2.93. The first-order valence-corrected chi connectivity index (χ1v) is 7.17. The number of carbonyl (C=O) groups excluding carboxylic acids is 1. The molecule has 7 heteroatoms. The second kappa shape index (κ2) is 5.80. The maximum Gasteiger partial charge on any atom is 0.327 e. The van der Waals surface area contributed by atoms with Gasteiger partial charge in [-0.25, -0.2) is 4.79 Å². The molecule has 1 saturated heterocycles. The molecule has 1 amide bonds. The van der Waals surface area contributed by atoms with Crippen molar-refractivity contribution in [3.8, 4) is 0 Å². The van der Waals surface area contributed by atoms with Crippen LogP contribution >= 0.6 is 24.0 Å². The van der Waals surface area contributed by atoms with Crippen LogP contribution in [-0.2, 0) is 9.59 Å². The number of hydrogen-bond acceptors (Lipinski definition) is 5. The summed E-state index contributed by atoms with van der Waals surface area (Å²) < 4.78 is 5.41. The molecule has 1 aliphatic heterocycles. The first-order valence-electron chi connectivity index (χ1n) is 5.95. The predicted molar refractivity (Wildman–Crippen MR) is 80.0 cm³/mol. The minimum Gasteiger partial charge on any atom is -0.480 e. The van der Waals surface area contributed by atoms with Gasteiger partial charge in [0, 0.05) is 6.08 Å². The third-order valence-corrected chi connectivity index (χ3v) is 4.13. The number of rotatable bonds is 4. The molecule has 1 atom stereocenters. The maximum absolute atomic E-state index is 12.3. The van der Waals surface area contributed by atoms with Crippen LogP contribution in [0.25, 0.3) is 6.08 Å². The molecule has 20 heavy (non-hydrogen) atoms. The second-order valence-electron chi connectivity index (χ2n) is 4.59. The van der Waals surface area contributed by atoms with Gasteiger partial charge in [0.2, 0.25) is 0 Å². The van der Waals surface area contributed by atoms with Gasteiger partial charge in [-0.05, 0) is 18.1 Å². The van der Waals surface area contributed by atoms with E-state index in [9.17, 15) is 14.7 Å². The number of furan rings is 1. The van der Waals surface area contributed by atoms with Crippen LogP contribution in [0.15, 0.2) is 27.7 Å². The number of thioether (sulfide) groups is 1. The largest absolute Gasteiger partial charge is 0.480 e. The molecule has 1 fully saturated rings. The molecule has 1 aromatic rings. The van der Waals surface area contributed by atoms with Gasteiger partial charge in [0.15, 0.2) is 0 Å². The number of thiocarbonyl (C=S) groups is 1. The van der Waals surface area contributed by atoms with E-state index in [0.29, 0.717) is 10.7 Å². The number of amides is 1. The quantitative estimate of drug-likeness (QED) is 0.681. The van der Waals surface area contributed by atoms with E-state index in [1.807, 2.05) is 0 Å². The van der Waals surface area contributed by atoms with Gasteiger partial charge in [0.1, 0.15) is 16.1 Å². The van der Waals surface area contributed by atoms with Crippen molar-refractivity contribution in [1.82, 2.24) is 4.90 Å². The molecule has 1 aliphatic rings. The molecule has 5 nitrogen and oxygen atoms in total. The van der Waals surface area contributed by atoms with E-state index in [4.69, 9.17) is 16.6 Å². The number of nitrogens with zero attached hydrogens (tertiary/aromatic N) is 1. The first kappa shape index (κ1) is 14.8. The fourth-order valence-corrected chi connectivity index (χ4v) is 3.23. The Morgan fingerprint density at radius 3 is 2.75 bits per heavy atom. The van der Waals surface area contributed by atoms with Gasteiger partial charge in [-0.15, -0.1) is 0 Å². The number of carboxylic acids is 1. The fraction of sp³-hybridized carbons (Fsp3) is 0.308. The topological polar surface area (TPSA) is 70.8 Å². The Hall–Kier alpha value is -1.60. The van der Waals surface area contributed by atoms with Gasteiger partial charge in [-0.2, -0.15) is 0 Å². The van der Waals surface area contributed by atoms with Crippen molar-refractivity contribution in [2.45, 2.75) is 19.9 Å². The normalized spacial score (nSPS) is 19.1. The highest BCUT2D eigenvalue weighted by molar-refractivity contribution is 8.26. The van der Waals surface area contributed by atoms with Crippen molar-refractivity contribution in [2.75, 3.05) is 0 Å². The summed E-state index contributed by atoms with van der Waals surface area (Å²) in [6, 6.07) is 2.47. The Morgan fingerprint density at radius 1 is 1.55 bits per heavy atom. The summed E-state index contributed by atoms with van der Waals surface area (Å²) >= 11 is 6.23. The van der Waals surface area contributed by atoms with Crippen molar-refractivity contribution in [3.05, 3.63) is 29.1 Å². The lowest BCUT2D eigenvalue weighted by Crippen LogP contribution is -2.47. The predicted octanol–water partition coefficient (Wildman–Crippen LogP) is 2.59. The van der Waals surface area contributed by atoms with E-state index in [2.05, 4.69) is 0 Å². The SMILES string of the molecule is CC(C)C(C(=O)O)N1C(=O)/C(=C\c2ccco2)SC1=S. The lowest BCUT2D eigenvalue weighted by molar-refractivity contribution is -0.146. The highest BCUT2D eigenvalue weighted by Gasteiger charge is 2.41. The number of hydrogen-bond donors (Lipinski definition) is 1. The monoisotopic (exact) mass is 311 g/mol. The molecule has 1 aromatic heterocycles. The maximum atomic E-state index is 12.3. The Kier molecular flexibility index (Phi) is 4.29. The highest BCUT2D eigenvalue weighted by Crippen LogP contribution is 2.35. The van der Waals surface area contributed by atoms with Gasteiger partial charge in [0.05, 0.1) is 11.2 Å². The molecular weight excluding hydrogens is 298 g/mol. The molecule has 0 aromatic carbocycles. The second-order valence-corrected chi connectivity index (χ2v) is 6.27. The van der Waals surface area contributed by atoms with Crippen LogP contribution in [-0.4, -0.2) is 32.2 Å². The third kappa shape index (κ3) is 2.78. The Balaban J connectivity index is 2.31. The van der Waals surface area contributed by atoms with Gasteiger partial charge in [0.25, 0.3) is 5.91 Å². The van der Waals surface area contributed by atoms with Crippen LogP contribution in [0.5, 0.6) is 0 Å². The van der Waals surface area contributed by atoms with Crippen molar-refractivity contribution in [2.24, 2.45) is 5.92 Å². The Morgan fingerprint density at radius 2 is 2.25 bits per heavy atom. The van der Waals surface area contributed by atoms with Crippen LogP contribution in [0.1, 0.15) is 19.6 Å². The summed E-state index contributed by atoms with van der Waals surface area (Å²) in [5, 5.41) is 9.28. The van der Waals surface area contributed by atoms with Gasteiger partial charge < -0.3 is 9.52 Å². The zero-order valence-corrected chi connectivity index (χ0v) is 12.5. The lowest BCUT2D eigenvalue weighted by atomic mass is 10.0. The molecule has 106 valence electrons. The summed E-state index contributed by atoms with van der Waals surface area (Å²) in [5.74, 6) is -1.16. The molecule has 2 heterocycles. The Bertz CT molecular complexity index is 577. The first-order chi connectivity index (χ1) is 9.41. The fourth-order valence-electron chi connectivity index (χ4n) is 1.92. The van der Waals surface area contributed by atoms with Crippen LogP contribution < -0.4 is 0 Å². The summed E-state index contributed by atoms with van der Waals surface area (Å²) in [6.07, 6.45) is 3.07. The standard InChI is InChI=1S/C13H13NO4S2/c1-7(2)10(12(16)17)14-11(15)9(20-13(14)19)6-8-4-3-5-18-8/h3-7,10H,1-2H3,(H,16,17)/b9-6+. The van der Waals surface area contributed by atoms with Crippen molar-refractivity contribution >= 4 is 46.3 Å². The molecule has 2 rings (SSSR count). The van der Waals surface area contributed by atoms with Gasteiger partial charge in [-0.1, -0.05) is 37.8 Å². The average molecular weight is 311 g/mol. The number of carbonyl (C=O) groups is 2. The molecule has 0 saturated carbocycles. The number of carboxylic acid groups (broad SMARTS) is 1. The Labute approximate surface area is 125 Å². The van der Waals surface area contributed by atoms with Gasteiger partial charge >= 0.3 is 5.97 Å². The van der Waals surface area contributed by atoms with Crippen molar-refractivity contribution < 1.29 is 19.1 Å². The molecule has 0 aliphatic carbocycles. The van der Waals surface area contributed by atoms with Crippen molar-refractivity contribution in [3.63, 3.8) is 0 Å². The summed E-state index contributed by atoms with van der Waals surface area (Å²) in [7, 11) is 0. The molecule has 0 spiro atoms. The number of aliphatic carboxylic acids is 1. The summed E-state index contributed by atoms with van der Waals surface area (Å²) in [6.45, 7) is 3.49. The summed E-state index contributed by atoms with van der Waals surface area (Å²) in [5.41, 5.74) is 0. The molecule has 0 radical (unpaired) electrons. The van der Waals surface area contributed by atoms with E-state index in [-0.39, 0.29) is 10.2 Å². The van der Waals surface area contributed by atoms with Crippen LogP contribution in [0.2, 0.25) is 0 Å². The zero-order chi connectivity index (χ0) is 14.9. The lowest BCUT2D eigenvalue weighted by Gasteiger charge is -2.26. The zero-order valence-electron chi connectivity index (χ0n) is 10.9. The van der Waals surface area contributed by atoms with E-state index >= 15 is 0 Å². The third-order valence-electron chi connectivity index (χ3n) is 2.80. The minimum atomic E-state index is -1.06. The van der Waals surface area contributed by atoms with E-state index < -0.39 is 17.9 Å². The smallest absolute Gasteiger partial charge is 0.327 e. The van der Waals surface area contributed by atoms with Crippen LogP contribution in [0.4, 0.5) is 0 Å². The van der Waals surface area contributed by atoms with Crippen LogP contribution in [0.3, 0.4) is 0 Å².